The Hall–Kier alpha value is -3.61. The monoisotopic (exact) mass is 448 g/mol. The van der Waals surface area contributed by atoms with Gasteiger partial charge in [0.25, 0.3) is 0 Å². The first kappa shape index (κ1) is 20.3. The van der Waals surface area contributed by atoms with Crippen molar-refractivity contribution in [1.82, 2.24) is 29.5 Å². The van der Waals surface area contributed by atoms with Gasteiger partial charge in [0.05, 0.1) is 44.1 Å². The molecule has 32 heavy (non-hydrogen) atoms. The minimum atomic E-state index is -4.59. The van der Waals surface area contributed by atoms with Gasteiger partial charge in [0.2, 0.25) is 11.9 Å². The van der Waals surface area contributed by atoms with Crippen molar-refractivity contribution < 1.29 is 22.6 Å². The lowest BCUT2D eigenvalue weighted by Gasteiger charge is -2.27. The van der Waals surface area contributed by atoms with Crippen LogP contribution in [0.1, 0.15) is 11.4 Å². The number of methoxy groups -OCH3 is 1. The Bertz CT molecular complexity index is 1260. The van der Waals surface area contributed by atoms with Crippen molar-refractivity contribution in [3.8, 4) is 5.75 Å². The summed E-state index contributed by atoms with van der Waals surface area (Å²) >= 11 is 0. The van der Waals surface area contributed by atoms with E-state index in [1.165, 1.54) is 0 Å². The highest BCUT2D eigenvalue weighted by molar-refractivity contribution is 5.76. The van der Waals surface area contributed by atoms with Gasteiger partial charge in [-0.3, -0.25) is 0 Å². The van der Waals surface area contributed by atoms with Crippen LogP contribution in [0.5, 0.6) is 5.75 Å². The molecule has 2 N–H and O–H groups in total. The molecule has 1 aliphatic heterocycles. The van der Waals surface area contributed by atoms with Crippen LogP contribution in [0, 0.1) is 0 Å². The van der Waals surface area contributed by atoms with Gasteiger partial charge in [-0.15, -0.1) is 0 Å². The summed E-state index contributed by atoms with van der Waals surface area (Å²) in [7, 11) is 1.57. The maximum absolute atomic E-state index is 13.5. The van der Waals surface area contributed by atoms with E-state index in [0.29, 0.717) is 43.4 Å². The molecule has 3 aromatic heterocycles. The van der Waals surface area contributed by atoms with Crippen molar-refractivity contribution >= 4 is 28.6 Å². The van der Waals surface area contributed by atoms with Crippen LogP contribution >= 0.6 is 0 Å². The molecule has 5 rings (SSSR count). The van der Waals surface area contributed by atoms with E-state index >= 15 is 0 Å². The smallest absolute Gasteiger partial charge is 0.421 e. The number of alkyl halides is 3. The van der Waals surface area contributed by atoms with Crippen molar-refractivity contribution in [2.75, 3.05) is 43.6 Å². The van der Waals surface area contributed by atoms with E-state index in [1.54, 1.807) is 18.1 Å². The number of anilines is 2. The minimum absolute atomic E-state index is 0.130. The zero-order chi connectivity index (χ0) is 22.3. The number of ether oxygens (including phenoxy) is 2. The number of hydrogen-bond donors (Lipinski definition) is 2. The number of H-pyrrole nitrogens is 1. The maximum Gasteiger partial charge on any atom is 0.421 e. The minimum Gasteiger partial charge on any atom is -0.497 e. The number of morpholine rings is 1. The van der Waals surface area contributed by atoms with Gasteiger partial charge in [0, 0.05) is 19.2 Å². The molecule has 13 heteroatoms. The second-order valence-corrected chi connectivity index (χ2v) is 7.16. The van der Waals surface area contributed by atoms with Gasteiger partial charge in [-0.1, -0.05) is 0 Å². The third-order valence-electron chi connectivity index (χ3n) is 5.11. The van der Waals surface area contributed by atoms with E-state index in [9.17, 15) is 13.2 Å². The molecule has 0 unspecified atom stereocenters. The molecule has 0 amide bonds. The van der Waals surface area contributed by atoms with Crippen molar-refractivity contribution in [1.29, 1.82) is 0 Å². The quantitative estimate of drug-likeness (QED) is 0.480. The number of nitrogens with zero attached hydrogens (tertiary/aromatic N) is 6. The number of aromatic nitrogens is 6. The van der Waals surface area contributed by atoms with Crippen LogP contribution in [-0.2, 0) is 17.5 Å². The summed E-state index contributed by atoms with van der Waals surface area (Å²) in [6.45, 7) is 2.05. The number of imidazole rings is 1. The maximum atomic E-state index is 13.5. The Morgan fingerprint density at radius 3 is 2.75 bits per heavy atom. The van der Waals surface area contributed by atoms with Gasteiger partial charge in [0.1, 0.15) is 17.1 Å². The topological polar surface area (TPSA) is 105 Å². The summed E-state index contributed by atoms with van der Waals surface area (Å²) in [6, 6.07) is 5.44. The average Bonchev–Trinajstić information content (AvgIpc) is 3.41. The molecule has 1 saturated heterocycles. The second-order valence-electron chi connectivity index (χ2n) is 7.16. The lowest BCUT2D eigenvalue weighted by Crippen LogP contribution is -2.37. The largest absolute Gasteiger partial charge is 0.497 e. The summed E-state index contributed by atoms with van der Waals surface area (Å²) < 4.78 is 52.1. The number of fused-ring (bicyclic) bond motifs is 2. The molecule has 1 aliphatic rings. The molecule has 0 aliphatic carbocycles. The van der Waals surface area contributed by atoms with Crippen LogP contribution in [0.25, 0.3) is 16.7 Å². The first-order chi connectivity index (χ1) is 15.4. The Morgan fingerprint density at radius 2 is 2.00 bits per heavy atom. The first-order valence-electron chi connectivity index (χ1n) is 9.84. The molecular weight excluding hydrogens is 429 g/mol. The number of aromatic amines is 1. The summed E-state index contributed by atoms with van der Waals surface area (Å²) in [5.74, 6) is 1.57. The molecule has 1 aromatic carbocycles. The number of hydrogen-bond acceptors (Lipinski definition) is 8. The summed E-state index contributed by atoms with van der Waals surface area (Å²) in [5.41, 5.74) is 0.281. The Kier molecular flexibility index (Phi) is 4.96. The molecule has 168 valence electrons. The van der Waals surface area contributed by atoms with Crippen molar-refractivity contribution in [2.45, 2.75) is 12.7 Å². The van der Waals surface area contributed by atoms with E-state index in [1.807, 2.05) is 12.1 Å². The number of benzene rings is 1. The van der Waals surface area contributed by atoms with Gasteiger partial charge in [0.15, 0.2) is 5.65 Å². The van der Waals surface area contributed by atoms with E-state index in [-0.39, 0.29) is 24.1 Å². The van der Waals surface area contributed by atoms with Crippen LogP contribution in [0.3, 0.4) is 0 Å². The van der Waals surface area contributed by atoms with Crippen LogP contribution < -0.4 is 15.0 Å². The van der Waals surface area contributed by atoms with Crippen molar-refractivity contribution in [3.63, 3.8) is 0 Å². The molecule has 0 bridgehead atoms. The zero-order valence-corrected chi connectivity index (χ0v) is 17.0. The molecular formula is C19H19F3N8O2. The molecule has 0 spiro atoms. The molecule has 10 nitrogen and oxygen atoms in total. The molecule has 0 saturated carbocycles. The lowest BCUT2D eigenvalue weighted by atomic mass is 10.3. The predicted molar refractivity (Wildman–Crippen MR) is 109 cm³/mol. The van der Waals surface area contributed by atoms with Gasteiger partial charge >= 0.3 is 6.18 Å². The van der Waals surface area contributed by atoms with Crippen LogP contribution in [0.4, 0.5) is 25.1 Å². The van der Waals surface area contributed by atoms with E-state index in [2.05, 4.69) is 30.4 Å². The van der Waals surface area contributed by atoms with Gasteiger partial charge < -0.3 is 24.7 Å². The molecule has 4 heterocycles. The molecule has 4 aromatic rings. The number of nitrogens with one attached hydrogen (secondary N) is 2. The Morgan fingerprint density at radius 1 is 1.19 bits per heavy atom. The van der Waals surface area contributed by atoms with E-state index < -0.39 is 11.7 Å². The summed E-state index contributed by atoms with van der Waals surface area (Å²) in [4.78, 5) is 18.0. The third-order valence-corrected chi connectivity index (χ3v) is 5.11. The fourth-order valence-corrected chi connectivity index (χ4v) is 3.50. The lowest BCUT2D eigenvalue weighted by molar-refractivity contribution is -0.136. The van der Waals surface area contributed by atoms with E-state index in [4.69, 9.17) is 9.47 Å². The SMILES string of the molecule is COc1ccc2[nH]c(CNc3nc(N4CCOCC4)nc4c(C(F)(F)F)cnn34)nc2c1. The zero-order valence-electron chi connectivity index (χ0n) is 17.0. The molecule has 0 radical (unpaired) electrons. The van der Waals surface area contributed by atoms with Gasteiger partial charge in [-0.25, -0.2) is 4.98 Å². The number of halogens is 3. The van der Waals surface area contributed by atoms with Crippen LogP contribution in [0.15, 0.2) is 24.4 Å². The number of rotatable bonds is 5. The fourth-order valence-electron chi connectivity index (χ4n) is 3.50. The standard InChI is InChI=1S/C19H19F3N8O2/c1-31-11-2-3-13-14(8-11)26-15(25-13)10-23-17-28-18(29-4-6-32-7-5-29)27-16-12(19(20,21)22)9-24-30(16)17/h2-3,8-9H,4-7,10H2,1H3,(H,25,26)(H,23,27,28). The first-order valence-corrected chi connectivity index (χ1v) is 9.84. The van der Waals surface area contributed by atoms with Crippen molar-refractivity contribution in [2.24, 2.45) is 0 Å². The highest BCUT2D eigenvalue weighted by Crippen LogP contribution is 2.33. The predicted octanol–water partition coefficient (Wildman–Crippen LogP) is 2.48. The van der Waals surface area contributed by atoms with Crippen LogP contribution in [-0.4, -0.2) is 63.0 Å². The highest BCUT2D eigenvalue weighted by Gasteiger charge is 2.36. The Labute approximate surface area is 179 Å². The van der Waals surface area contributed by atoms with Crippen molar-refractivity contribution in [3.05, 3.63) is 35.8 Å². The fraction of sp³-hybridized carbons (Fsp3) is 0.368. The summed E-state index contributed by atoms with van der Waals surface area (Å²) in [5, 5.41) is 6.90. The van der Waals surface area contributed by atoms with E-state index in [0.717, 1.165) is 16.2 Å². The molecule has 1 fully saturated rings. The normalized spacial score (nSPS) is 14.9. The second kappa shape index (κ2) is 7.82. The van der Waals surface area contributed by atoms with Gasteiger partial charge in [-0.2, -0.15) is 32.8 Å². The Balaban J connectivity index is 1.50. The van der Waals surface area contributed by atoms with Gasteiger partial charge in [-0.05, 0) is 12.1 Å². The highest BCUT2D eigenvalue weighted by atomic mass is 19.4. The van der Waals surface area contributed by atoms with Crippen LogP contribution in [0.2, 0.25) is 0 Å². The summed E-state index contributed by atoms with van der Waals surface area (Å²) in [6.07, 6.45) is -3.83. The molecule has 0 atom stereocenters. The third kappa shape index (κ3) is 3.75. The average molecular weight is 448 g/mol.